The maximum absolute atomic E-state index is 13.5. The van der Waals surface area contributed by atoms with Crippen LogP contribution in [0.25, 0.3) is 0 Å². The van der Waals surface area contributed by atoms with Crippen molar-refractivity contribution in [2.24, 2.45) is 0 Å². The zero-order chi connectivity index (χ0) is 15.6. The Morgan fingerprint density at radius 3 is 2.29 bits per heavy atom. The molecule has 2 aromatic rings. The van der Waals surface area contributed by atoms with Crippen LogP contribution in [0, 0.1) is 11.6 Å². The highest BCUT2D eigenvalue weighted by Gasteiger charge is 2.23. The zero-order valence-electron chi connectivity index (χ0n) is 10.4. The summed E-state index contributed by atoms with van der Waals surface area (Å²) >= 11 is 11.7. The number of halogens is 4. The van der Waals surface area contributed by atoms with Crippen molar-refractivity contribution in [3.8, 4) is 0 Å². The van der Waals surface area contributed by atoms with Gasteiger partial charge >= 0.3 is 0 Å². The Kier molecular flexibility index (Phi) is 4.83. The molecule has 3 nitrogen and oxygen atoms in total. The third kappa shape index (κ3) is 3.71. The average molecular weight is 352 g/mol. The highest BCUT2D eigenvalue weighted by Crippen LogP contribution is 2.22. The Bertz CT molecular complexity index is 761. The molecule has 0 unspecified atom stereocenters. The Morgan fingerprint density at radius 1 is 1.05 bits per heavy atom. The van der Waals surface area contributed by atoms with E-state index in [9.17, 15) is 17.2 Å². The van der Waals surface area contributed by atoms with Crippen LogP contribution in [0.3, 0.4) is 0 Å². The average Bonchev–Trinajstić information content (AvgIpc) is 2.39. The Hall–Kier alpha value is -1.21. The first-order chi connectivity index (χ1) is 9.81. The molecule has 0 saturated heterocycles. The van der Waals surface area contributed by atoms with Crippen LogP contribution in [0.4, 0.5) is 8.78 Å². The predicted molar refractivity (Wildman–Crippen MR) is 76.8 cm³/mol. The van der Waals surface area contributed by atoms with Crippen molar-refractivity contribution < 1.29 is 17.2 Å². The van der Waals surface area contributed by atoms with E-state index in [1.807, 2.05) is 0 Å². The second-order valence-corrected chi connectivity index (χ2v) is 6.66. The summed E-state index contributed by atoms with van der Waals surface area (Å²) in [5.41, 5.74) is 0.393. The molecule has 112 valence electrons. The van der Waals surface area contributed by atoms with Gasteiger partial charge in [-0.25, -0.2) is 21.9 Å². The lowest BCUT2D eigenvalue weighted by atomic mass is 10.2. The molecule has 8 heteroatoms. The first-order valence-corrected chi connectivity index (χ1v) is 7.93. The molecule has 21 heavy (non-hydrogen) atoms. The molecule has 1 N–H and O–H groups in total. The van der Waals surface area contributed by atoms with Crippen LogP contribution in [0.15, 0.2) is 41.3 Å². The van der Waals surface area contributed by atoms with E-state index in [2.05, 4.69) is 4.72 Å². The summed E-state index contributed by atoms with van der Waals surface area (Å²) in [6, 6.07) is 7.31. The summed E-state index contributed by atoms with van der Waals surface area (Å²) in [5.74, 6) is -2.33. The molecule has 2 aromatic carbocycles. The number of benzene rings is 2. The summed E-state index contributed by atoms with van der Waals surface area (Å²) < 4.78 is 53.1. The van der Waals surface area contributed by atoms with E-state index in [0.29, 0.717) is 10.6 Å². The Morgan fingerprint density at radius 2 is 1.67 bits per heavy atom. The van der Waals surface area contributed by atoms with Crippen LogP contribution in [0.1, 0.15) is 5.56 Å². The SMILES string of the molecule is O=S(=O)(NCc1cc(Cl)ccc1Cl)c1c(F)cccc1F. The fourth-order valence-corrected chi connectivity index (χ4v) is 3.18. The smallest absolute Gasteiger partial charge is 0.207 e. The predicted octanol–water partition coefficient (Wildman–Crippen LogP) is 3.75. The topological polar surface area (TPSA) is 46.2 Å². The van der Waals surface area contributed by atoms with Gasteiger partial charge in [0.15, 0.2) is 4.90 Å². The van der Waals surface area contributed by atoms with Crippen LogP contribution >= 0.6 is 23.2 Å². The lowest BCUT2D eigenvalue weighted by molar-refractivity contribution is 0.514. The monoisotopic (exact) mass is 351 g/mol. The van der Waals surface area contributed by atoms with E-state index < -0.39 is 26.6 Å². The molecule has 0 fully saturated rings. The fraction of sp³-hybridized carbons (Fsp3) is 0.0769. The number of rotatable bonds is 4. The molecule has 0 atom stereocenters. The van der Waals surface area contributed by atoms with Gasteiger partial charge in [0, 0.05) is 16.6 Å². The minimum Gasteiger partial charge on any atom is -0.207 e. The molecule has 0 aliphatic heterocycles. The summed E-state index contributed by atoms with van der Waals surface area (Å²) in [6.45, 7) is -0.241. The largest absolute Gasteiger partial charge is 0.246 e. The van der Waals surface area contributed by atoms with Gasteiger partial charge in [0.05, 0.1) is 0 Å². The minimum absolute atomic E-state index is 0.241. The van der Waals surface area contributed by atoms with Crippen molar-refractivity contribution in [1.29, 1.82) is 0 Å². The number of nitrogens with one attached hydrogen (secondary N) is 1. The minimum atomic E-state index is -4.35. The van der Waals surface area contributed by atoms with Gasteiger partial charge < -0.3 is 0 Å². The highest BCUT2D eigenvalue weighted by molar-refractivity contribution is 7.89. The van der Waals surface area contributed by atoms with E-state index in [4.69, 9.17) is 23.2 Å². The van der Waals surface area contributed by atoms with Gasteiger partial charge in [-0.3, -0.25) is 0 Å². The van der Waals surface area contributed by atoms with Crippen molar-refractivity contribution >= 4 is 33.2 Å². The summed E-state index contributed by atoms with van der Waals surface area (Å²) in [7, 11) is -4.35. The first-order valence-electron chi connectivity index (χ1n) is 5.69. The molecule has 0 bridgehead atoms. The number of hydrogen-bond donors (Lipinski definition) is 1. The standard InChI is InChI=1S/C13H9Cl2F2NO2S/c14-9-4-5-10(15)8(6-9)7-18-21(19,20)13-11(16)2-1-3-12(13)17/h1-6,18H,7H2. The zero-order valence-corrected chi connectivity index (χ0v) is 12.7. The molecule has 0 aliphatic carbocycles. The van der Waals surface area contributed by atoms with Crippen LogP contribution < -0.4 is 4.72 Å². The van der Waals surface area contributed by atoms with Crippen molar-refractivity contribution in [3.05, 3.63) is 63.6 Å². The van der Waals surface area contributed by atoms with Crippen LogP contribution in [-0.4, -0.2) is 8.42 Å². The molecular formula is C13H9Cl2F2NO2S. The van der Waals surface area contributed by atoms with Crippen molar-refractivity contribution in [3.63, 3.8) is 0 Å². The van der Waals surface area contributed by atoms with Gasteiger partial charge in [0.25, 0.3) is 0 Å². The molecule has 0 radical (unpaired) electrons. The van der Waals surface area contributed by atoms with Crippen LogP contribution in [0.5, 0.6) is 0 Å². The Balaban J connectivity index is 2.28. The summed E-state index contributed by atoms with van der Waals surface area (Å²) in [6.07, 6.45) is 0. The number of hydrogen-bond acceptors (Lipinski definition) is 2. The third-order valence-corrected chi connectivity index (χ3v) is 4.70. The molecule has 0 heterocycles. The second kappa shape index (κ2) is 6.27. The highest BCUT2D eigenvalue weighted by atomic mass is 35.5. The van der Waals surface area contributed by atoms with Crippen molar-refractivity contribution in [1.82, 2.24) is 4.72 Å². The second-order valence-electron chi connectivity index (χ2n) is 4.11. The van der Waals surface area contributed by atoms with E-state index in [1.165, 1.54) is 12.1 Å². The van der Waals surface area contributed by atoms with Gasteiger partial charge in [-0.15, -0.1) is 0 Å². The van der Waals surface area contributed by atoms with E-state index in [-0.39, 0.29) is 11.6 Å². The van der Waals surface area contributed by atoms with E-state index in [0.717, 1.165) is 18.2 Å². The normalized spacial score (nSPS) is 11.6. The van der Waals surface area contributed by atoms with Gasteiger partial charge in [0.1, 0.15) is 11.6 Å². The van der Waals surface area contributed by atoms with E-state index in [1.54, 1.807) is 6.07 Å². The van der Waals surface area contributed by atoms with Gasteiger partial charge in [0.2, 0.25) is 10.0 Å². The van der Waals surface area contributed by atoms with Crippen LogP contribution in [0.2, 0.25) is 10.0 Å². The molecule has 0 aliphatic rings. The van der Waals surface area contributed by atoms with Gasteiger partial charge in [-0.1, -0.05) is 29.3 Å². The van der Waals surface area contributed by atoms with Crippen molar-refractivity contribution in [2.45, 2.75) is 11.4 Å². The molecular weight excluding hydrogens is 343 g/mol. The van der Waals surface area contributed by atoms with Crippen LogP contribution in [-0.2, 0) is 16.6 Å². The number of sulfonamides is 1. The molecule has 0 saturated carbocycles. The molecule has 0 aromatic heterocycles. The maximum atomic E-state index is 13.5. The summed E-state index contributed by atoms with van der Waals surface area (Å²) in [5, 5.41) is 0.654. The third-order valence-electron chi connectivity index (χ3n) is 2.65. The lowest BCUT2D eigenvalue weighted by Crippen LogP contribution is -2.25. The first kappa shape index (κ1) is 16.2. The Labute approximate surface area is 130 Å². The summed E-state index contributed by atoms with van der Waals surface area (Å²) in [4.78, 5) is -1.02. The molecule has 2 rings (SSSR count). The molecule has 0 spiro atoms. The molecule has 0 amide bonds. The van der Waals surface area contributed by atoms with Crippen molar-refractivity contribution in [2.75, 3.05) is 0 Å². The van der Waals surface area contributed by atoms with E-state index >= 15 is 0 Å². The van der Waals surface area contributed by atoms with Gasteiger partial charge in [-0.2, -0.15) is 0 Å². The van der Waals surface area contributed by atoms with Gasteiger partial charge in [-0.05, 0) is 35.9 Å². The lowest BCUT2D eigenvalue weighted by Gasteiger charge is -2.10. The maximum Gasteiger partial charge on any atom is 0.246 e. The fourth-order valence-electron chi connectivity index (χ4n) is 1.66. The quantitative estimate of drug-likeness (QED) is 0.911.